The third-order valence-corrected chi connectivity index (χ3v) is 7.20. The van der Waals surface area contributed by atoms with E-state index in [-0.39, 0.29) is 0 Å². The molecule has 2 fully saturated rings. The SMILES string of the molecule is C=C.C=C/C(=C\C1=C(C)CCN(C(=C)N2CCC(NCc3ccc(N4CCOCC4)nc3)C2)C1)C(F)(F)F. The van der Waals surface area contributed by atoms with E-state index in [1.165, 1.54) is 6.08 Å². The second-order valence-corrected chi connectivity index (χ2v) is 9.63. The Labute approximate surface area is 224 Å². The fourth-order valence-corrected chi connectivity index (χ4v) is 4.84. The Morgan fingerprint density at radius 1 is 1.16 bits per heavy atom. The number of alkyl halides is 3. The Morgan fingerprint density at radius 3 is 2.53 bits per heavy atom. The maximum Gasteiger partial charge on any atom is 0.416 e. The highest BCUT2D eigenvalue weighted by Crippen LogP contribution is 2.31. The second kappa shape index (κ2) is 13.7. The van der Waals surface area contributed by atoms with Gasteiger partial charge < -0.3 is 24.8 Å². The summed E-state index contributed by atoms with van der Waals surface area (Å²) in [6.45, 7) is 22.4. The molecular formula is C29H40F3N5O. The minimum Gasteiger partial charge on any atom is -0.378 e. The van der Waals surface area contributed by atoms with Gasteiger partial charge in [0, 0.05) is 58.1 Å². The third kappa shape index (κ3) is 7.74. The van der Waals surface area contributed by atoms with Crippen molar-refractivity contribution in [3.05, 3.63) is 84.9 Å². The molecule has 1 N–H and O–H groups in total. The highest BCUT2D eigenvalue weighted by Gasteiger charge is 2.33. The number of aromatic nitrogens is 1. The van der Waals surface area contributed by atoms with Gasteiger partial charge in [-0.05, 0) is 43.0 Å². The fourth-order valence-electron chi connectivity index (χ4n) is 4.84. The van der Waals surface area contributed by atoms with Crippen LogP contribution in [0.2, 0.25) is 0 Å². The van der Waals surface area contributed by atoms with E-state index in [4.69, 9.17) is 4.74 Å². The van der Waals surface area contributed by atoms with Crippen LogP contribution in [0.15, 0.2) is 79.3 Å². The summed E-state index contributed by atoms with van der Waals surface area (Å²) in [7, 11) is 0. The molecule has 1 atom stereocenters. The van der Waals surface area contributed by atoms with Gasteiger partial charge in [-0.3, -0.25) is 0 Å². The molecule has 4 rings (SSSR count). The van der Waals surface area contributed by atoms with E-state index in [1.807, 2.05) is 13.1 Å². The predicted octanol–water partition coefficient (Wildman–Crippen LogP) is 5.05. The van der Waals surface area contributed by atoms with Gasteiger partial charge in [0.25, 0.3) is 0 Å². The molecule has 0 radical (unpaired) electrons. The zero-order valence-corrected chi connectivity index (χ0v) is 22.4. The number of allylic oxidation sites excluding steroid dienone is 2. The Kier molecular flexibility index (Phi) is 10.6. The van der Waals surface area contributed by atoms with Gasteiger partial charge in [-0.1, -0.05) is 30.9 Å². The van der Waals surface area contributed by atoms with E-state index in [1.54, 1.807) is 0 Å². The van der Waals surface area contributed by atoms with Gasteiger partial charge in [0.1, 0.15) is 5.82 Å². The van der Waals surface area contributed by atoms with Crippen molar-refractivity contribution < 1.29 is 17.9 Å². The lowest BCUT2D eigenvalue weighted by molar-refractivity contribution is -0.0882. The van der Waals surface area contributed by atoms with Crippen LogP contribution >= 0.6 is 0 Å². The highest BCUT2D eigenvalue weighted by molar-refractivity contribution is 5.40. The Balaban J connectivity index is 0.00000195. The molecule has 0 aromatic carbocycles. The Morgan fingerprint density at radius 2 is 1.89 bits per heavy atom. The Bertz CT molecular complexity index is 1010. The molecule has 0 bridgehead atoms. The molecule has 0 amide bonds. The highest BCUT2D eigenvalue weighted by atomic mass is 19.4. The summed E-state index contributed by atoms with van der Waals surface area (Å²) in [6, 6.07) is 4.51. The van der Waals surface area contributed by atoms with Crippen molar-refractivity contribution in [2.45, 2.75) is 38.5 Å². The summed E-state index contributed by atoms with van der Waals surface area (Å²) in [5.41, 5.74) is 2.11. The molecular weight excluding hydrogens is 491 g/mol. The van der Waals surface area contributed by atoms with Crippen LogP contribution in [0.4, 0.5) is 19.0 Å². The molecule has 1 unspecified atom stereocenters. The van der Waals surface area contributed by atoms with Crippen LogP contribution in [0.1, 0.15) is 25.3 Å². The number of anilines is 1. The standard InChI is InChI=1S/C27H36F3N5O.C2H4/c1-4-24(27(28,29)30)15-23-18-34(9-7-20(23)2)21(3)35-10-8-25(19-35)31-16-22-5-6-26(32-17-22)33-11-13-36-14-12-33;1-2/h4-6,15,17,25,31H,1,3,7-14,16,18-19H2,2H3;1-2H2/b24-15+;. The smallest absolute Gasteiger partial charge is 0.378 e. The third-order valence-electron chi connectivity index (χ3n) is 7.20. The van der Waals surface area contributed by atoms with Gasteiger partial charge in [0.15, 0.2) is 0 Å². The molecule has 0 saturated carbocycles. The van der Waals surface area contributed by atoms with Crippen LogP contribution < -0.4 is 10.2 Å². The Hall–Kier alpha value is -3.04. The first-order chi connectivity index (χ1) is 18.2. The lowest BCUT2D eigenvalue weighted by Crippen LogP contribution is -2.39. The summed E-state index contributed by atoms with van der Waals surface area (Å²) in [5.74, 6) is 1.86. The molecule has 1 aromatic rings. The molecule has 9 heteroatoms. The summed E-state index contributed by atoms with van der Waals surface area (Å²) in [4.78, 5) is 11.2. The van der Waals surface area contributed by atoms with E-state index >= 15 is 0 Å². The van der Waals surface area contributed by atoms with Crippen molar-refractivity contribution >= 4 is 5.82 Å². The number of hydrogen-bond acceptors (Lipinski definition) is 6. The van der Waals surface area contributed by atoms with Crippen LogP contribution in [0.5, 0.6) is 0 Å². The first-order valence-corrected chi connectivity index (χ1v) is 13.0. The van der Waals surface area contributed by atoms with Crippen LogP contribution in [-0.2, 0) is 11.3 Å². The zero-order chi connectivity index (χ0) is 27.7. The maximum absolute atomic E-state index is 13.2. The van der Waals surface area contributed by atoms with Gasteiger partial charge in [0.05, 0.1) is 24.6 Å². The van der Waals surface area contributed by atoms with Crippen molar-refractivity contribution in [1.29, 1.82) is 0 Å². The van der Waals surface area contributed by atoms with Crippen molar-refractivity contribution in [2.75, 3.05) is 57.4 Å². The number of likely N-dealkylation sites (tertiary alicyclic amines) is 1. The average Bonchev–Trinajstić information content (AvgIpc) is 3.41. The second-order valence-electron chi connectivity index (χ2n) is 9.63. The molecule has 2 saturated heterocycles. The molecule has 4 heterocycles. The van der Waals surface area contributed by atoms with E-state index in [2.05, 4.69) is 63.4 Å². The predicted molar refractivity (Wildman–Crippen MR) is 148 cm³/mol. The molecule has 0 spiro atoms. The van der Waals surface area contributed by atoms with Crippen molar-refractivity contribution in [3.63, 3.8) is 0 Å². The summed E-state index contributed by atoms with van der Waals surface area (Å²) < 4.78 is 45.1. The maximum atomic E-state index is 13.2. The van der Waals surface area contributed by atoms with Gasteiger partial charge in [-0.2, -0.15) is 13.2 Å². The molecule has 6 nitrogen and oxygen atoms in total. The molecule has 208 valence electrons. The van der Waals surface area contributed by atoms with E-state index < -0.39 is 11.7 Å². The number of rotatable bonds is 8. The summed E-state index contributed by atoms with van der Waals surface area (Å²) in [6.07, 6.45) is 1.35. The van der Waals surface area contributed by atoms with Crippen LogP contribution in [0, 0.1) is 0 Å². The molecule has 0 aliphatic carbocycles. The first kappa shape index (κ1) is 29.5. The number of ether oxygens (including phenoxy) is 1. The number of nitrogens with zero attached hydrogens (tertiary/aromatic N) is 4. The fraction of sp³-hybridized carbons (Fsp3) is 0.483. The minimum atomic E-state index is -4.40. The summed E-state index contributed by atoms with van der Waals surface area (Å²) in [5, 5.41) is 3.62. The van der Waals surface area contributed by atoms with Crippen molar-refractivity contribution in [3.8, 4) is 0 Å². The van der Waals surface area contributed by atoms with Crippen molar-refractivity contribution in [2.24, 2.45) is 0 Å². The quantitative estimate of drug-likeness (QED) is 0.374. The number of hydrogen-bond donors (Lipinski definition) is 1. The van der Waals surface area contributed by atoms with Gasteiger partial charge in [-0.15, -0.1) is 13.2 Å². The number of nitrogens with one attached hydrogen (secondary N) is 1. The van der Waals surface area contributed by atoms with Crippen LogP contribution in [0.25, 0.3) is 0 Å². The summed E-state index contributed by atoms with van der Waals surface area (Å²) >= 11 is 0. The van der Waals surface area contributed by atoms with E-state index in [9.17, 15) is 13.2 Å². The zero-order valence-electron chi connectivity index (χ0n) is 22.4. The van der Waals surface area contributed by atoms with Crippen LogP contribution in [-0.4, -0.2) is 79.5 Å². The minimum absolute atomic E-state index is 0.319. The van der Waals surface area contributed by atoms with E-state index in [0.717, 1.165) is 94.2 Å². The van der Waals surface area contributed by atoms with Crippen molar-refractivity contribution in [1.82, 2.24) is 20.1 Å². The first-order valence-electron chi connectivity index (χ1n) is 13.0. The molecule has 3 aliphatic rings. The van der Waals surface area contributed by atoms with Gasteiger partial charge >= 0.3 is 6.18 Å². The number of halogens is 3. The largest absolute Gasteiger partial charge is 0.416 e. The lowest BCUT2D eigenvalue weighted by atomic mass is 9.99. The van der Waals surface area contributed by atoms with Crippen LogP contribution in [0.3, 0.4) is 0 Å². The average molecular weight is 532 g/mol. The lowest BCUT2D eigenvalue weighted by Gasteiger charge is -2.36. The van der Waals surface area contributed by atoms with Gasteiger partial charge in [-0.25, -0.2) is 4.98 Å². The molecule has 38 heavy (non-hydrogen) atoms. The normalized spacial score (nSPS) is 20.8. The number of pyridine rings is 1. The molecule has 1 aromatic heterocycles. The van der Waals surface area contributed by atoms with E-state index in [0.29, 0.717) is 18.2 Å². The topological polar surface area (TPSA) is 43.9 Å². The number of morpholine rings is 1. The monoisotopic (exact) mass is 531 g/mol. The molecule has 3 aliphatic heterocycles. The van der Waals surface area contributed by atoms with Gasteiger partial charge in [0.2, 0.25) is 0 Å².